The molecular formula is C13H12N8O4S. The first-order valence-corrected chi connectivity index (χ1v) is 9.41. The summed E-state index contributed by atoms with van der Waals surface area (Å²) in [6.07, 6.45) is 5.61. The summed E-state index contributed by atoms with van der Waals surface area (Å²) < 4.78 is 25.2. The molecule has 0 spiro atoms. The molecule has 1 aliphatic carbocycles. The molecule has 13 heteroatoms. The molecule has 12 nitrogen and oxygen atoms in total. The average molecular weight is 376 g/mol. The Hall–Kier alpha value is -3.22. The molecule has 0 radical (unpaired) electrons. The van der Waals surface area contributed by atoms with Crippen LogP contribution in [0.1, 0.15) is 18.4 Å². The molecule has 1 fully saturated rings. The maximum Gasteiger partial charge on any atom is 0.366 e. The zero-order valence-corrected chi connectivity index (χ0v) is 14.2. The van der Waals surface area contributed by atoms with E-state index in [9.17, 15) is 18.0 Å². The third-order valence-corrected chi connectivity index (χ3v) is 4.46. The maximum absolute atomic E-state index is 11.9. The van der Waals surface area contributed by atoms with Crippen molar-refractivity contribution < 1.29 is 18.0 Å². The van der Waals surface area contributed by atoms with Crippen LogP contribution >= 0.6 is 0 Å². The number of amides is 3. The molecule has 4 rings (SSSR count). The van der Waals surface area contributed by atoms with Crippen LogP contribution in [0.5, 0.6) is 0 Å². The summed E-state index contributed by atoms with van der Waals surface area (Å²) in [5.41, 5.74) is 0.376. The molecule has 134 valence electrons. The fourth-order valence-electron chi connectivity index (χ4n) is 2.22. The van der Waals surface area contributed by atoms with Gasteiger partial charge >= 0.3 is 6.03 Å². The molecule has 1 aliphatic heterocycles. The number of nitrogens with one attached hydrogen (secondary N) is 2. The predicted octanol–water partition coefficient (Wildman–Crippen LogP) is 0.145. The largest absolute Gasteiger partial charge is 0.366 e. The van der Waals surface area contributed by atoms with Gasteiger partial charge in [-0.25, -0.2) is 13.2 Å². The number of urea groups is 1. The number of imide groups is 1. The van der Waals surface area contributed by atoms with Gasteiger partial charge < -0.3 is 5.32 Å². The summed E-state index contributed by atoms with van der Waals surface area (Å²) in [5.74, 6) is -0.481. The number of aromatic nitrogens is 4. The Morgan fingerprint density at radius 1 is 1.27 bits per heavy atom. The average Bonchev–Trinajstić information content (AvgIpc) is 3.28. The second kappa shape index (κ2) is 5.66. The van der Waals surface area contributed by atoms with Crippen LogP contribution in [-0.2, 0) is 14.6 Å². The fraction of sp³-hybridized carbons (Fsp3) is 0.308. The Bertz CT molecular complexity index is 1110. The highest BCUT2D eigenvalue weighted by atomic mass is 32.2. The number of anilines is 1. The summed E-state index contributed by atoms with van der Waals surface area (Å²) in [7, 11) is -3.67. The van der Waals surface area contributed by atoms with Gasteiger partial charge in [-0.15, -0.1) is 5.11 Å². The van der Waals surface area contributed by atoms with E-state index < -0.39 is 21.8 Å². The molecule has 3 heterocycles. The van der Waals surface area contributed by atoms with Gasteiger partial charge in [0.05, 0.1) is 6.20 Å². The molecule has 2 aliphatic rings. The molecule has 2 aromatic heterocycles. The van der Waals surface area contributed by atoms with Crippen molar-refractivity contribution in [1.29, 1.82) is 0 Å². The molecule has 0 aromatic carbocycles. The van der Waals surface area contributed by atoms with Crippen LogP contribution in [0.25, 0.3) is 11.7 Å². The highest BCUT2D eigenvalue weighted by Crippen LogP contribution is 2.25. The Morgan fingerprint density at radius 2 is 2.04 bits per heavy atom. The van der Waals surface area contributed by atoms with E-state index in [-0.39, 0.29) is 28.5 Å². The number of carbonyl (C=O) groups is 2. The Morgan fingerprint density at radius 3 is 2.69 bits per heavy atom. The molecule has 0 atom stereocenters. The topological polar surface area (TPSA) is 160 Å². The van der Waals surface area contributed by atoms with E-state index in [0.29, 0.717) is 5.56 Å². The SMILES string of the molecule is CS(=O)(=O)c1nc(NC2CC2)n2ncc(/C=C3\N=NC(=O)NC3=O)c2n1. The predicted molar refractivity (Wildman–Crippen MR) is 86.9 cm³/mol. The van der Waals surface area contributed by atoms with Gasteiger partial charge in [-0.2, -0.15) is 19.6 Å². The standard InChI is InChI=1S/C13H12N8O4S/c1-26(24,25)13-16-9-6(4-8-10(22)17-12(23)20-19-8)5-14-21(9)11(18-13)15-7-2-3-7/h4-5,7H,2-3H2,1H3,(H,15,16,18)(H,17,22,23)/b8-4-. The molecule has 0 bridgehead atoms. The zero-order valence-electron chi connectivity index (χ0n) is 13.4. The smallest absolute Gasteiger partial charge is 0.351 e. The number of sulfone groups is 1. The number of nitrogens with zero attached hydrogens (tertiary/aromatic N) is 6. The molecule has 2 aromatic rings. The number of carbonyl (C=O) groups excluding carboxylic acids is 2. The molecule has 0 saturated heterocycles. The van der Waals surface area contributed by atoms with Gasteiger partial charge in [0.15, 0.2) is 11.3 Å². The van der Waals surface area contributed by atoms with Gasteiger partial charge in [0.25, 0.3) is 11.1 Å². The van der Waals surface area contributed by atoms with E-state index in [2.05, 4.69) is 30.6 Å². The van der Waals surface area contributed by atoms with Gasteiger partial charge in [-0.1, -0.05) is 5.11 Å². The Kier molecular flexibility index (Phi) is 3.54. The van der Waals surface area contributed by atoms with E-state index in [1.165, 1.54) is 16.8 Å². The lowest BCUT2D eigenvalue weighted by molar-refractivity contribution is -0.116. The van der Waals surface area contributed by atoms with Crippen LogP contribution in [0.15, 0.2) is 27.3 Å². The molecule has 26 heavy (non-hydrogen) atoms. The molecule has 1 saturated carbocycles. The van der Waals surface area contributed by atoms with E-state index in [0.717, 1.165) is 19.1 Å². The van der Waals surface area contributed by atoms with Crippen molar-refractivity contribution >= 4 is 39.4 Å². The zero-order chi connectivity index (χ0) is 18.5. The van der Waals surface area contributed by atoms with E-state index >= 15 is 0 Å². The van der Waals surface area contributed by atoms with Crippen LogP contribution in [0.4, 0.5) is 10.7 Å². The van der Waals surface area contributed by atoms with Crippen LogP contribution in [0.2, 0.25) is 0 Å². The van der Waals surface area contributed by atoms with Crippen LogP contribution in [-0.4, -0.2) is 52.2 Å². The quantitative estimate of drug-likeness (QED) is 0.713. The van der Waals surface area contributed by atoms with Crippen LogP contribution in [0.3, 0.4) is 0 Å². The van der Waals surface area contributed by atoms with Crippen molar-refractivity contribution in [1.82, 2.24) is 24.9 Å². The number of fused-ring (bicyclic) bond motifs is 1. The molecule has 2 N–H and O–H groups in total. The number of hydrogen-bond donors (Lipinski definition) is 2. The number of azo groups is 1. The van der Waals surface area contributed by atoms with Gasteiger partial charge in [0.1, 0.15) is 0 Å². The van der Waals surface area contributed by atoms with Gasteiger partial charge in [0, 0.05) is 17.9 Å². The van der Waals surface area contributed by atoms with Gasteiger partial charge in [0.2, 0.25) is 15.8 Å². The monoisotopic (exact) mass is 376 g/mol. The minimum Gasteiger partial charge on any atom is -0.351 e. The summed E-state index contributed by atoms with van der Waals surface area (Å²) in [5, 5.41) is 15.7. The second-order valence-electron chi connectivity index (χ2n) is 5.84. The fourth-order valence-corrected chi connectivity index (χ4v) is 2.72. The van der Waals surface area contributed by atoms with Crippen LogP contribution in [0, 0.1) is 0 Å². The van der Waals surface area contributed by atoms with Crippen LogP contribution < -0.4 is 10.6 Å². The third kappa shape index (κ3) is 3.03. The Labute approximate surface area is 146 Å². The second-order valence-corrected chi connectivity index (χ2v) is 7.75. The lowest BCUT2D eigenvalue weighted by Gasteiger charge is -2.08. The summed E-state index contributed by atoms with van der Waals surface area (Å²) in [6, 6.07) is -0.653. The summed E-state index contributed by atoms with van der Waals surface area (Å²) in [4.78, 5) is 30.9. The van der Waals surface area contributed by atoms with E-state index in [1.807, 2.05) is 5.32 Å². The molecule has 0 unspecified atom stereocenters. The lowest BCUT2D eigenvalue weighted by Crippen LogP contribution is -2.31. The van der Waals surface area contributed by atoms with Crippen molar-refractivity contribution in [3.8, 4) is 0 Å². The Balaban J connectivity index is 1.87. The summed E-state index contributed by atoms with van der Waals surface area (Å²) >= 11 is 0. The van der Waals surface area contributed by atoms with Crippen molar-refractivity contribution in [2.45, 2.75) is 24.0 Å². The molecule has 3 amide bonds. The maximum atomic E-state index is 11.9. The number of hydrogen-bond acceptors (Lipinski definition) is 9. The minimum atomic E-state index is -3.67. The first-order chi connectivity index (χ1) is 12.3. The lowest BCUT2D eigenvalue weighted by atomic mass is 10.2. The first-order valence-electron chi connectivity index (χ1n) is 7.52. The van der Waals surface area contributed by atoms with Crippen molar-refractivity contribution in [3.05, 3.63) is 17.5 Å². The minimum absolute atomic E-state index is 0.129. The van der Waals surface area contributed by atoms with Gasteiger partial charge in [-0.05, 0) is 18.9 Å². The highest BCUT2D eigenvalue weighted by Gasteiger charge is 2.26. The van der Waals surface area contributed by atoms with Crippen molar-refractivity contribution in [2.24, 2.45) is 10.2 Å². The number of rotatable bonds is 4. The molecular weight excluding hydrogens is 364 g/mol. The highest BCUT2D eigenvalue weighted by molar-refractivity contribution is 7.90. The van der Waals surface area contributed by atoms with E-state index in [1.54, 1.807) is 0 Å². The third-order valence-electron chi connectivity index (χ3n) is 3.61. The summed E-state index contributed by atoms with van der Waals surface area (Å²) in [6.45, 7) is 0. The van der Waals surface area contributed by atoms with Crippen molar-refractivity contribution in [2.75, 3.05) is 11.6 Å². The van der Waals surface area contributed by atoms with E-state index in [4.69, 9.17) is 0 Å². The van der Waals surface area contributed by atoms with Gasteiger partial charge in [-0.3, -0.25) is 10.1 Å². The first kappa shape index (κ1) is 16.3. The normalized spacial score (nSPS) is 19.2. The van der Waals surface area contributed by atoms with Crippen molar-refractivity contribution in [3.63, 3.8) is 0 Å².